The minimum absolute atomic E-state index is 0.388. The normalized spacial score (nSPS) is 10.9. The van der Waals surface area contributed by atoms with E-state index in [0.717, 1.165) is 32.2 Å². The van der Waals surface area contributed by atoms with Crippen LogP contribution in [0.4, 0.5) is 5.95 Å². The van der Waals surface area contributed by atoms with Crippen molar-refractivity contribution in [3.8, 4) is 17.3 Å². The van der Waals surface area contributed by atoms with Crippen molar-refractivity contribution in [2.45, 2.75) is 0 Å². The minimum Gasteiger partial charge on any atom is -0.245 e. The van der Waals surface area contributed by atoms with E-state index >= 15 is 0 Å². The van der Waals surface area contributed by atoms with Crippen molar-refractivity contribution in [2.24, 2.45) is 5.10 Å². The van der Waals surface area contributed by atoms with Gasteiger partial charge in [-0.2, -0.15) is 10.4 Å². The number of hydrazone groups is 1. The Labute approximate surface area is 170 Å². The molecule has 0 saturated heterocycles. The van der Waals surface area contributed by atoms with Crippen LogP contribution in [-0.2, 0) is 0 Å². The van der Waals surface area contributed by atoms with E-state index in [9.17, 15) is 5.26 Å². The van der Waals surface area contributed by atoms with Crippen LogP contribution in [-0.4, -0.2) is 16.2 Å². The molecule has 0 amide bonds. The van der Waals surface area contributed by atoms with Crippen LogP contribution in [0.3, 0.4) is 0 Å². The molecule has 0 saturated carbocycles. The molecule has 0 bridgehead atoms. The first kappa shape index (κ1) is 17.8. The van der Waals surface area contributed by atoms with Gasteiger partial charge in [-0.25, -0.2) is 15.4 Å². The lowest BCUT2D eigenvalue weighted by atomic mass is 10.1. The maximum atomic E-state index is 9.18. The Morgan fingerprint density at radius 1 is 0.964 bits per heavy atom. The van der Waals surface area contributed by atoms with Gasteiger partial charge in [-0.3, -0.25) is 0 Å². The van der Waals surface area contributed by atoms with E-state index in [0.29, 0.717) is 11.5 Å². The summed E-state index contributed by atoms with van der Waals surface area (Å²) < 4.78 is 0.965. The van der Waals surface area contributed by atoms with E-state index in [1.54, 1.807) is 12.3 Å². The van der Waals surface area contributed by atoms with Gasteiger partial charge in [0.15, 0.2) is 0 Å². The maximum absolute atomic E-state index is 9.18. The molecule has 5 nitrogen and oxygen atoms in total. The Morgan fingerprint density at radius 2 is 1.75 bits per heavy atom. The van der Waals surface area contributed by atoms with Crippen LogP contribution >= 0.6 is 15.9 Å². The van der Waals surface area contributed by atoms with Gasteiger partial charge in [0.05, 0.1) is 29.1 Å². The fourth-order valence-corrected chi connectivity index (χ4v) is 3.20. The zero-order valence-corrected chi connectivity index (χ0v) is 16.3. The molecule has 28 heavy (non-hydrogen) atoms. The Balaban J connectivity index is 1.73. The number of nitriles is 1. The maximum Gasteiger partial charge on any atom is 0.244 e. The first-order valence-corrected chi connectivity index (χ1v) is 9.35. The number of benzene rings is 3. The minimum atomic E-state index is 0.388. The third-order valence-corrected chi connectivity index (χ3v) is 4.65. The molecule has 1 aromatic heterocycles. The van der Waals surface area contributed by atoms with E-state index < -0.39 is 0 Å². The van der Waals surface area contributed by atoms with Gasteiger partial charge in [0.1, 0.15) is 0 Å². The Morgan fingerprint density at radius 3 is 2.57 bits per heavy atom. The molecule has 3 aromatic carbocycles. The highest BCUT2D eigenvalue weighted by Gasteiger charge is 2.10. The number of rotatable bonds is 4. The molecule has 4 rings (SSSR count). The number of nitrogens with one attached hydrogen (secondary N) is 1. The smallest absolute Gasteiger partial charge is 0.244 e. The SMILES string of the molecule is N#Cc1ccccc1/C=N\Nc1nc(-c2ccccc2)c2cc(Br)ccc2n1. The number of halogens is 1. The molecule has 0 spiro atoms. The van der Waals surface area contributed by atoms with Crippen LogP contribution in [0.2, 0.25) is 0 Å². The van der Waals surface area contributed by atoms with Crippen molar-refractivity contribution in [3.63, 3.8) is 0 Å². The second kappa shape index (κ2) is 7.99. The van der Waals surface area contributed by atoms with E-state index in [4.69, 9.17) is 0 Å². The highest BCUT2D eigenvalue weighted by Crippen LogP contribution is 2.29. The molecule has 0 aliphatic heterocycles. The molecule has 1 N–H and O–H groups in total. The van der Waals surface area contributed by atoms with E-state index in [-0.39, 0.29) is 0 Å². The summed E-state index contributed by atoms with van der Waals surface area (Å²) in [7, 11) is 0. The van der Waals surface area contributed by atoms with Gasteiger partial charge >= 0.3 is 0 Å². The summed E-state index contributed by atoms with van der Waals surface area (Å²) in [5, 5.41) is 14.3. The first-order valence-electron chi connectivity index (χ1n) is 8.55. The molecule has 0 aliphatic carbocycles. The summed E-state index contributed by atoms with van der Waals surface area (Å²) in [4.78, 5) is 9.22. The van der Waals surface area contributed by atoms with Gasteiger partial charge in [0.2, 0.25) is 5.95 Å². The average Bonchev–Trinajstić information content (AvgIpc) is 2.74. The Bertz CT molecular complexity index is 1210. The van der Waals surface area contributed by atoms with Crippen LogP contribution in [0.25, 0.3) is 22.2 Å². The number of hydrogen-bond acceptors (Lipinski definition) is 5. The molecule has 0 fully saturated rings. The lowest BCUT2D eigenvalue weighted by molar-refractivity contribution is 1.15. The number of anilines is 1. The van der Waals surface area contributed by atoms with Crippen LogP contribution in [0.15, 0.2) is 82.4 Å². The second-order valence-corrected chi connectivity index (χ2v) is 6.91. The molecular weight excluding hydrogens is 414 g/mol. The van der Waals surface area contributed by atoms with Gasteiger partial charge in [0, 0.05) is 21.0 Å². The van der Waals surface area contributed by atoms with Crippen LogP contribution in [0, 0.1) is 11.3 Å². The van der Waals surface area contributed by atoms with Crippen molar-refractivity contribution in [3.05, 3.63) is 88.4 Å². The molecule has 4 aromatic rings. The van der Waals surface area contributed by atoms with Crippen LogP contribution in [0.5, 0.6) is 0 Å². The van der Waals surface area contributed by atoms with E-state index in [1.165, 1.54) is 0 Å². The van der Waals surface area contributed by atoms with Crippen molar-refractivity contribution in [2.75, 3.05) is 5.43 Å². The third-order valence-electron chi connectivity index (χ3n) is 4.15. The van der Waals surface area contributed by atoms with Gasteiger partial charge in [0.25, 0.3) is 0 Å². The summed E-state index contributed by atoms with van der Waals surface area (Å²) in [6.07, 6.45) is 1.59. The number of fused-ring (bicyclic) bond motifs is 1. The molecule has 0 atom stereocenters. The monoisotopic (exact) mass is 427 g/mol. The van der Waals surface area contributed by atoms with Gasteiger partial charge < -0.3 is 0 Å². The molecule has 6 heteroatoms. The molecule has 134 valence electrons. The molecule has 0 radical (unpaired) electrons. The zero-order chi connectivity index (χ0) is 19.3. The fourth-order valence-electron chi connectivity index (χ4n) is 2.84. The molecule has 0 aliphatic rings. The van der Waals surface area contributed by atoms with Crippen molar-refractivity contribution >= 4 is 39.0 Å². The summed E-state index contributed by atoms with van der Waals surface area (Å²) >= 11 is 3.52. The first-order chi connectivity index (χ1) is 13.7. The van der Waals surface area contributed by atoms with Gasteiger partial charge in [-0.05, 0) is 24.3 Å². The van der Waals surface area contributed by atoms with Crippen LogP contribution < -0.4 is 5.43 Å². The molecular formula is C22H14BrN5. The van der Waals surface area contributed by atoms with Crippen molar-refractivity contribution in [1.82, 2.24) is 9.97 Å². The quantitative estimate of drug-likeness (QED) is 0.350. The number of nitrogens with zero attached hydrogens (tertiary/aromatic N) is 4. The topological polar surface area (TPSA) is 74.0 Å². The third kappa shape index (κ3) is 3.75. The number of aromatic nitrogens is 2. The standard InChI is InChI=1S/C22H14BrN5/c23-18-10-11-20-19(12-18)21(15-6-2-1-3-7-15)27-22(26-20)28-25-14-17-9-5-4-8-16(17)13-24/h1-12,14H,(H,26,27,28)/b25-14-. The molecule has 0 unspecified atom stereocenters. The van der Waals surface area contributed by atoms with Gasteiger partial charge in [-0.15, -0.1) is 0 Å². The second-order valence-electron chi connectivity index (χ2n) is 5.99. The van der Waals surface area contributed by atoms with Crippen molar-refractivity contribution in [1.29, 1.82) is 5.26 Å². The predicted octanol–water partition coefficient (Wildman–Crippen LogP) is 5.38. The number of hydrogen-bond donors (Lipinski definition) is 1. The largest absolute Gasteiger partial charge is 0.245 e. The highest BCUT2D eigenvalue weighted by atomic mass is 79.9. The lowest BCUT2D eigenvalue weighted by Gasteiger charge is -2.09. The van der Waals surface area contributed by atoms with E-state index in [1.807, 2.05) is 66.7 Å². The van der Waals surface area contributed by atoms with Crippen LogP contribution in [0.1, 0.15) is 11.1 Å². The highest BCUT2D eigenvalue weighted by molar-refractivity contribution is 9.10. The molecule has 1 heterocycles. The fraction of sp³-hybridized carbons (Fsp3) is 0. The van der Waals surface area contributed by atoms with E-state index in [2.05, 4.69) is 42.5 Å². The average molecular weight is 428 g/mol. The Kier molecular flexibility index (Phi) is 5.09. The van der Waals surface area contributed by atoms with Crippen molar-refractivity contribution < 1.29 is 0 Å². The summed E-state index contributed by atoms with van der Waals surface area (Å²) in [6.45, 7) is 0. The summed E-state index contributed by atoms with van der Waals surface area (Å²) in [5.41, 5.74) is 6.80. The summed E-state index contributed by atoms with van der Waals surface area (Å²) in [6, 6.07) is 25.3. The van der Waals surface area contributed by atoms with Gasteiger partial charge in [-0.1, -0.05) is 64.5 Å². The summed E-state index contributed by atoms with van der Waals surface area (Å²) in [5.74, 6) is 0.388. The zero-order valence-electron chi connectivity index (χ0n) is 14.7. The lowest BCUT2D eigenvalue weighted by Crippen LogP contribution is -2.00. The predicted molar refractivity (Wildman–Crippen MR) is 115 cm³/mol. The Hall–Kier alpha value is -3.56.